The van der Waals surface area contributed by atoms with Gasteiger partial charge in [0.15, 0.2) is 0 Å². The lowest BCUT2D eigenvalue weighted by molar-refractivity contribution is -0.0334. The third-order valence-electron chi connectivity index (χ3n) is 4.29. The number of thioether (sulfide) groups is 1. The predicted molar refractivity (Wildman–Crippen MR) is 79.2 cm³/mol. The quantitative estimate of drug-likeness (QED) is 0.832. The minimum atomic E-state index is 0.261. The van der Waals surface area contributed by atoms with Crippen LogP contribution < -0.4 is 5.73 Å². The van der Waals surface area contributed by atoms with E-state index in [0.717, 1.165) is 26.1 Å². The van der Waals surface area contributed by atoms with Crippen LogP contribution in [0.5, 0.6) is 0 Å². The van der Waals surface area contributed by atoms with Crippen LogP contribution in [0, 0.1) is 0 Å². The van der Waals surface area contributed by atoms with Crippen LogP contribution in [0.15, 0.2) is 0 Å². The monoisotopic (exact) mass is 272 g/mol. The van der Waals surface area contributed by atoms with Crippen LogP contribution in [-0.4, -0.2) is 54.3 Å². The first-order valence-corrected chi connectivity index (χ1v) is 8.61. The highest BCUT2D eigenvalue weighted by atomic mass is 32.2. The summed E-state index contributed by atoms with van der Waals surface area (Å²) in [5.74, 6) is 2.52. The Balaban J connectivity index is 1.93. The third kappa shape index (κ3) is 3.41. The van der Waals surface area contributed by atoms with E-state index in [1.807, 2.05) is 0 Å². The molecular formula is C14H28N2OS. The Morgan fingerprint density at radius 2 is 2.33 bits per heavy atom. The van der Waals surface area contributed by atoms with Gasteiger partial charge in [0.2, 0.25) is 0 Å². The fraction of sp³-hybridized carbons (Fsp3) is 1.00. The standard InChI is InChI=1S/C14H28N2OS/c1-2-8-17-13-5-3-7-16(10-13)14(11-15)6-4-9-18-12-14/h13H,2-12,15H2,1H3. The third-order valence-corrected chi connectivity index (χ3v) is 5.61. The number of likely N-dealkylation sites (tertiary alicyclic amines) is 1. The van der Waals surface area contributed by atoms with Crippen molar-refractivity contribution in [2.24, 2.45) is 5.73 Å². The molecule has 0 aromatic heterocycles. The molecule has 0 saturated carbocycles. The summed E-state index contributed by atoms with van der Waals surface area (Å²) in [6.07, 6.45) is 6.64. The summed E-state index contributed by atoms with van der Waals surface area (Å²) in [7, 11) is 0. The molecule has 0 aromatic carbocycles. The Labute approximate surface area is 116 Å². The molecule has 2 saturated heterocycles. The van der Waals surface area contributed by atoms with Gasteiger partial charge in [-0.1, -0.05) is 6.92 Å². The maximum absolute atomic E-state index is 6.12. The molecule has 4 heteroatoms. The Bertz CT molecular complexity index is 244. The molecule has 0 aromatic rings. The van der Waals surface area contributed by atoms with Crippen molar-refractivity contribution in [1.82, 2.24) is 4.90 Å². The number of hydrogen-bond donors (Lipinski definition) is 1. The highest BCUT2D eigenvalue weighted by Gasteiger charge is 2.39. The van der Waals surface area contributed by atoms with Crippen molar-refractivity contribution >= 4 is 11.8 Å². The summed E-state index contributed by atoms with van der Waals surface area (Å²) in [6, 6.07) is 0. The first kappa shape index (κ1) is 14.6. The SMILES string of the molecule is CCCOC1CCCN(C2(CN)CCCSC2)C1. The maximum atomic E-state index is 6.12. The topological polar surface area (TPSA) is 38.5 Å². The van der Waals surface area contributed by atoms with E-state index in [0.29, 0.717) is 6.10 Å². The number of piperidine rings is 1. The summed E-state index contributed by atoms with van der Waals surface area (Å²) in [5, 5.41) is 0. The Hall–Kier alpha value is 0.230. The zero-order chi connectivity index (χ0) is 12.8. The Morgan fingerprint density at radius 3 is 3.00 bits per heavy atom. The van der Waals surface area contributed by atoms with Gasteiger partial charge in [0, 0.05) is 31.0 Å². The highest BCUT2D eigenvalue weighted by molar-refractivity contribution is 7.99. The van der Waals surface area contributed by atoms with Gasteiger partial charge in [-0.25, -0.2) is 0 Å². The first-order chi connectivity index (χ1) is 8.80. The summed E-state index contributed by atoms with van der Waals surface area (Å²) >= 11 is 2.08. The summed E-state index contributed by atoms with van der Waals surface area (Å²) in [4.78, 5) is 2.64. The second-order valence-corrected chi connectivity index (χ2v) is 6.77. The number of hydrogen-bond acceptors (Lipinski definition) is 4. The largest absolute Gasteiger partial charge is 0.377 e. The highest BCUT2D eigenvalue weighted by Crippen LogP contribution is 2.33. The molecule has 2 N–H and O–H groups in total. The van der Waals surface area contributed by atoms with Crippen molar-refractivity contribution in [2.75, 3.05) is 37.7 Å². The van der Waals surface area contributed by atoms with Gasteiger partial charge >= 0.3 is 0 Å². The van der Waals surface area contributed by atoms with E-state index in [-0.39, 0.29) is 5.54 Å². The van der Waals surface area contributed by atoms with Gasteiger partial charge in [-0.2, -0.15) is 11.8 Å². The molecule has 0 radical (unpaired) electrons. The lowest BCUT2D eigenvalue weighted by atomic mass is 9.90. The molecule has 106 valence electrons. The van der Waals surface area contributed by atoms with E-state index in [1.54, 1.807) is 0 Å². The fourth-order valence-corrected chi connectivity index (χ4v) is 4.48. The Morgan fingerprint density at radius 1 is 1.44 bits per heavy atom. The van der Waals surface area contributed by atoms with E-state index in [1.165, 1.54) is 43.7 Å². The number of rotatable bonds is 5. The van der Waals surface area contributed by atoms with Crippen LogP contribution in [0.1, 0.15) is 39.0 Å². The van der Waals surface area contributed by atoms with Crippen molar-refractivity contribution in [3.63, 3.8) is 0 Å². The zero-order valence-corrected chi connectivity index (χ0v) is 12.5. The van der Waals surface area contributed by atoms with E-state index < -0.39 is 0 Å². The molecule has 2 heterocycles. The van der Waals surface area contributed by atoms with Crippen molar-refractivity contribution < 1.29 is 4.74 Å². The van der Waals surface area contributed by atoms with Gasteiger partial charge in [0.25, 0.3) is 0 Å². The summed E-state index contributed by atoms with van der Waals surface area (Å²) in [5.41, 5.74) is 6.38. The van der Waals surface area contributed by atoms with Gasteiger partial charge < -0.3 is 10.5 Å². The van der Waals surface area contributed by atoms with Crippen LogP contribution in [-0.2, 0) is 4.74 Å². The van der Waals surface area contributed by atoms with E-state index in [2.05, 4.69) is 23.6 Å². The van der Waals surface area contributed by atoms with Crippen LogP contribution in [0.3, 0.4) is 0 Å². The average molecular weight is 272 g/mol. The average Bonchev–Trinajstić information content (AvgIpc) is 2.46. The second-order valence-electron chi connectivity index (χ2n) is 5.67. The van der Waals surface area contributed by atoms with E-state index in [4.69, 9.17) is 10.5 Å². The number of ether oxygens (including phenoxy) is 1. The predicted octanol–water partition coefficient (Wildman–Crippen LogP) is 2.10. The molecule has 0 spiro atoms. The molecule has 0 amide bonds. The molecular weight excluding hydrogens is 244 g/mol. The molecule has 2 aliphatic rings. The lowest BCUT2D eigenvalue weighted by Crippen LogP contribution is -2.60. The minimum absolute atomic E-state index is 0.261. The van der Waals surface area contributed by atoms with Crippen molar-refractivity contribution in [2.45, 2.75) is 50.7 Å². The van der Waals surface area contributed by atoms with Crippen molar-refractivity contribution in [3.05, 3.63) is 0 Å². The second kappa shape index (κ2) is 7.13. The molecule has 2 rings (SSSR count). The zero-order valence-electron chi connectivity index (χ0n) is 11.7. The van der Waals surface area contributed by atoms with Crippen LogP contribution in [0.2, 0.25) is 0 Å². The van der Waals surface area contributed by atoms with Crippen molar-refractivity contribution in [3.8, 4) is 0 Å². The van der Waals surface area contributed by atoms with Crippen LogP contribution >= 0.6 is 11.8 Å². The van der Waals surface area contributed by atoms with Gasteiger partial charge in [-0.05, 0) is 44.4 Å². The normalized spacial score (nSPS) is 34.7. The van der Waals surface area contributed by atoms with Gasteiger partial charge in [-0.15, -0.1) is 0 Å². The van der Waals surface area contributed by atoms with Crippen LogP contribution in [0.25, 0.3) is 0 Å². The van der Waals surface area contributed by atoms with Crippen LogP contribution in [0.4, 0.5) is 0 Å². The first-order valence-electron chi connectivity index (χ1n) is 7.45. The molecule has 18 heavy (non-hydrogen) atoms. The van der Waals surface area contributed by atoms with Gasteiger partial charge in [0.05, 0.1) is 6.10 Å². The number of nitrogens with two attached hydrogens (primary N) is 1. The molecule has 3 nitrogen and oxygen atoms in total. The smallest absolute Gasteiger partial charge is 0.0702 e. The fourth-order valence-electron chi connectivity index (χ4n) is 3.17. The molecule has 0 aliphatic carbocycles. The summed E-state index contributed by atoms with van der Waals surface area (Å²) in [6.45, 7) is 6.20. The molecule has 2 fully saturated rings. The lowest BCUT2D eigenvalue weighted by Gasteiger charge is -2.48. The van der Waals surface area contributed by atoms with Gasteiger partial charge in [-0.3, -0.25) is 4.90 Å². The number of nitrogens with zero attached hydrogens (tertiary/aromatic N) is 1. The van der Waals surface area contributed by atoms with E-state index >= 15 is 0 Å². The Kier molecular flexibility index (Phi) is 5.80. The molecule has 0 bridgehead atoms. The maximum Gasteiger partial charge on any atom is 0.0702 e. The summed E-state index contributed by atoms with van der Waals surface area (Å²) < 4.78 is 5.95. The molecule has 2 unspecified atom stereocenters. The van der Waals surface area contributed by atoms with E-state index in [9.17, 15) is 0 Å². The minimum Gasteiger partial charge on any atom is -0.377 e. The molecule has 2 aliphatic heterocycles. The van der Waals surface area contributed by atoms with Gasteiger partial charge in [0.1, 0.15) is 0 Å². The molecule has 2 atom stereocenters. The van der Waals surface area contributed by atoms with Crippen molar-refractivity contribution in [1.29, 1.82) is 0 Å².